The van der Waals surface area contributed by atoms with Gasteiger partial charge in [-0.2, -0.15) is 5.26 Å². The van der Waals surface area contributed by atoms with E-state index < -0.39 is 5.91 Å². The van der Waals surface area contributed by atoms with E-state index in [0.717, 1.165) is 5.56 Å². The molecule has 1 fully saturated rings. The molecule has 1 aliphatic heterocycles. The van der Waals surface area contributed by atoms with Crippen LogP contribution >= 0.6 is 0 Å². The Kier molecular flexibility index (Phi) is 5.77. The minimum absolute atomic E-state index is 0.0480. The minimum atomic E-state index is -0.541. The van der Waals surface area contributed by atoms with Crippen molar-refractivity contribution >= 4 is 17.5 Å². The van der Waals surface area contributed by atoms with Crippen LogP contribution in [0.25, 0.3) is 0 Å². The second-order valence-corrected chi connectivity index (χ2v) is 7.44. The molecule has 1 atom stereocenters. The van der Waals surface area contributed by atoms with Gasteiger partial charge in [-0.1, -0.05) is 24.3 Å². The molecule has 7 heteroatoms. The summed E-state index contributed by atoms with van der Waals surface area (Å²) in [4.78, 5) is 25.9. The number of anilines is 1. The van der Waals surface area contributed by atoms with Gasteiger partial charge < -0.3 is 20.1 Å². The van der Waals surface area contributed by atoms with Crippen molar-refractivity contribution in [3.8, 4) is 23.3 Å². The molecule has 7 nitrogen and oxygen atoms in total. The Morgan fingerprint density at radius 1 is 1.06 bits per heavy atom. The highest BCUT2D eigenvalue weighted by atomic mass is 16.5. The van der Waals surface area contributed by atoms with Crippen LogP contribution < -0.4 is 20.1 Å². The van der Waals surface area contributed by atoms with E-state index >= 15 is 0 Å². The zero-order valence-corrected chi connectivity index (χ0v) is 17.4. The molecule has 0 radical (unpaired) electrons. The predicted molar refractivity (Wildman–Crippen MR) is 119 cm³/mol. The molecule has 0 bridgehead atoms. The second kappa shape index (κ2) is 8.82. The predicted octanol–water partition coefficient (Wildman–Crippen LogP) is 3.98. The Bertz CT molecular complexity index is 1230. The number of para-hydroxylation sites is 2. The molecule has 0 saturated carbocycles. The summed E-state index contributed by atoms with van der Waals surface area (Å²) in [5.41, 5.74) is 7.62. The lowest BCUT2D eigenvalue weighted by Gasteiger charge is -2.18. The molecule has 3 aromatic carbocycles. The number of amides is 2. The number of methoxy groups -OCH3 is 1. The van der Waals surface area contributed by atoms with Gasteiger partial charge >= 0.3 is 0 Å². The Balaban J connectivity index is 1.61. The van der Waals surface area contributed by atoms with Gasteiger partial charge in [-0.25, -0.2) is 0 Å². The maximum absolute atomic E-state index is 12.7. The van der Waals surface area contributed by atoms with Crippen LogP contribution in [0.3, 0.4) is 0 Å². The van der Waals surface area contributed by atoms with Gasteiger partial charge in [0.2, 0.25) is 11.8 Å². The van der Waals surface area contributed by atoms with E-state index in [1.807, 2.05) is 18.2 Å². The van der Waals surface area contributed by atoms with E-state index in [-0.39, 0.29) is 11.8 Å². The number of nitriles is 1. The third kappa shape index (κ3) is 4.12. The summed E-state index contributed by atoms with van der Waals surface area (Å²) < 4.78 is 11.3. The van der Waals surface area contributed by atoms with Crippen molar-refractivity contribution in [1.82, 2.24) is 0 Å². The fourth-order valence-corrected chi connectivity index (χ4v) is 3.80. The van der Waals surface area contributed by atoms with Crippen molar-refractivity contribution in [2.45, 2.75) is 12.3 Å². The number of nitrogens with two attached hydrogens (primary N) is 1. The van der Waals surface area contributed by atoms with Crippen LogP contribution in [-0.2, 0) is 4.79 Å². The quantitative estimate of drug-likeness (QED) is 0.641. The molecular formula is C25H21N3O4. The molecule has 1 saturated heterocycles. The molecule has 0 aromatic heterocycles. The number of ether oxygens (including phenoxy) is 2. The molecule has 4 rings (SSSR count). The molecule has 2 N–H and O–H groups in total. The van der Waals surface area contributed by atoms with E-state index in [1.165, 1.54) is 0 Å². The summed E-state index contributed by atoms with van der Waals surface area (Å²) >= 11 is 0. The van der Waals surface area contributed by atoms with E-state index in [0.29, 0.717) is 47.0 Å². The van der Waals surface area contributed by atoms with Crippen LogP contribution in [0.15, 0.2) is 66.7 Å². The standard InChI is InChI=1S/C25H21N3O4/c1-31-21-7-2-3-8-22(21)32-23-12-16(9-10-18(23)14-26)19-13-24(29)28(15-19)20-6-4-5-17(11-20)25(27)30/h2-12,19H,13,15H2,1H3,(H2,27,30)/t19-/m0/s1. The molecule has 3 aromatic rings. The number of carbonyl (C=O) groups excluding carboxylic acids is 2. The molecular weight excluding hydrogens is 406 g/mol. The van der Waals surface area contributed by atoms with E-state index in [9.17, 15) is 14.9 Å². The summed E-state index contributed by atoms with van der Waals surface area (Å²) in [6, 6.07) is 21.4. The number of carbonyl (C=O) groups is 2. The first kappa shape index (κ1) is 20.9. The third-order valence-electron chi connectivity index (χ3n) is 5.45. The van der Waals surface area contributed by atoms with Crippen molar-refractivity contribution in [2.24, 2.45) is 5.73 Å². The zero-order valence-electron chi connectivity index (χ0n) is 17.4. The summed E-state index contributed by atoms with van der Waals surface area (Å²) in [6.07, 6.45) is 0.306. The smallest absolute Gasteiger partial charge is 0.248 e. The number of hydrogen-bond acceptors (Lipinski definition) is 5. The lowest BCUT2D eigenvalue weighted by Crippen LogP contribution is -2.24. The van der Waals surface area contributed by atoms with Crippen molar-refractivity contribution in [1.29, 1.82) is 5.26 Å². The molecule has 1 heterocycles. The molecule has 0 unspecified atom stereocenters. The highest BCUT2D eigenvalue weighted by Crippen LogP contribution is 2.37. The number of hydrogen-bond donors (Lipinski definition) is 1. The SMILES string of the molecule is COc1ccccc1Oc1cc([C@H]2CC(=O)N(c3cccc(C(N)=O)c3)C2)ccc1C#N. The molecule has 0 spiro atoms. The Morgan fingerprint density at radius 3 is 2.56 bits per heavy atom. The minimum Gasteiger partial charge on any atom is -0.493 e. The van der Waals surface area contributed by atoms with Crippen LogP contribution in [0, 0.1) is 11.3 Å². The first-order valence-electron chi connectivity index (χ1n) is 10.1. The molecule has 1 aliphatic rings. The molecule has 160 valence electrons. The first-order chi connectivity index (χ1) is 15.5. The molecule has 0 aliphatic carbocycles. The average molecular weight is 427 g/mol. The number of primary amides is 1. The summed E-state index contributed by atoms with van der Waals surface area (Å²) in [5.74, 6) is 0.770. The topological polar surface area (TPSA) is 106 Å². The monoisotopic (exact) mass is 427 g/mol. The number of nitrogens with zero attached hydrogens (tertiary/aromatic N) is 2. The van der Waals surface area contributed by atoms with Crippen LogP contribution in [0.4, 0.5) is 5.69 Å². The number of rotatable bonds is 6. The van der Waals surface area contributed by atoms with Gasteiger partial charge in [0, 0.05) is 30.1 Å². The first-order valence-corrected chi connectivity index (χ1v) is 10.1. The van der Waals surface area contributed by atoms with Gasteiger partial charge in [0.05, 0.1) is 12.7 Å². The Hall–Kier alpha value is -4.31. The maximum Gasteiger partial charge on any atom is 0.248 e. The molecule has 2 amide bonds. The Morgan fingerprint density at radius 2 is 1.84 bits per heavy atom. The highest BCUT2D eigenvalue weighted by molar-refractivity contribution is 5.99. The summed E-state index contributed by atoms with van der Waals surface area (Å²) in [5, 5.41) is 9.52. The molecule has 32 heavy (non-hydrogen) atoms. The normalized spacial score (nSPS) is 15.3. The van der Waals surface area contributed by atoms with Crippen molar-refractivity contribution in [2.75, 3.05) is 18.6 Å². The van der Waals surface area contributed by atoms with E-state index in [1.54, 1.807) is 60.5 Å². The average Bonchev–Trinajstić information content (AvgIpc) is 3.21. The van der Waals surface area contributed by atoms with Crippen LogP contribution in [0.5, 0.6) is 17.2 Å². The number of benzene rings is 3. The third-order valence-corrected chi connectivity index (χ3v) is 5.45. The lowest BCUT2D eigenvalue weighted by atomic mass is 9.96. The van der Waals surface area contributed by atoms with Crippen molar-refractivity contribution < 1.29 is 19.1 Å². The van der Waals surface area contributed by atoms with Crippen molar-refractivity contribution in [3.63, 3.8) is 0 Å². The van der Waals surface area contributed by atoms with Gasteiger partial charge in [-0.05, 0) is 48.0 Å². The van der Waals surface area contributed by atoms with Gasteiger partial charge in [-0.15, -0.1) is 0 Å². The summed E-state index contributed by atoms with van der Waals surface area (Å²) in [6.45, 7) is 0.445. The van der Waals surface area contributed by atoms with Crippen LogP contribution in [-0.4, -0.2) is 25.5 Å². The fourth-order valence-electron chi connectivity index (χ4n) is 3.80. The highest BCUT2D eigenvalue weighted by Gasteiger charge is 2.32. The van der Waals surface area contributed by atoms with Gasteiger partial charge in [0.1, 0.15) is 11.8 Å². The van der Waals surface area contributed by atoms with Crippen molar-refractivity contribution in [3.05, 3.63) is 83.4 Å². The fraction of sp³-hybridized carbons (Fsp3) is 0.160. The van der Waals surface area contributed by atoms with Gasteiger partial charge in [0.15, 0.2) is 11.5 Å². The van der Waals surface area contributed by atoms with Crippen LogP contribution in [0.2, 0.25) is 0 Å². The second-order valence-electron chi connectivity index (χ2n) is 7.44. The summed E-state index contributed by atoms with van der Waals surface area (Å²) in [7, 11) is 1.55. The van der Waals surface area contributed by atoms with Gasteiger partial charge in [0.25, 0.3) is 0 Å². The van der Waals surface area contributed by atoms with E-state index in [4.69, 9.17) is 15.2 Å². The Labute approximate surface area is 185 Å². The maximum atomic E-state index is 12.7. The zero-order chi connectivity index (χ0) is 22.7. The van der Waals surface area contributed by atoms with Crippen LogP contribution in [0.1, 0.15) is 33.8 Å². The largest absolute Gasteiger partial charge is 0.493 e. The van der Waals surface area contributed by atoms with E-state index in [2.05, 4.69) is 6.07 Å². The van der Waals surface area contributed by atoms with Gasteiger partial charge in [-0.3, -0.25) is 9.59 Å². The lowest BCUT2D eigenvalue weighted by molar-refractivity contribution is -0.117.